The molecule has 1 aromatic rings. The predicted octanol–water partition coefficient (Wildman–Crippen LogP) is 4.70. The zero-order valence-corrected chi connectivity index (χ0v) is 16.7. The summed E-state index contributed by atoms with van der Waals surface area (Å²) < 4.78 is 22.1. The van der Waals surface area contributed by atoms with Gasteiger partial charge in [-0.25, -0.2) is 0 Å². The maximum absolute atomic E-state index is 12.1. The molecule has 0 aromatic carbocycles. The van der Waals surface area contributed by atoms with E-state index in [0.717, 1.165) is 24.0 Å². The molecule has 4 rings (SSSR count). The van der Waals surface area contributed by atoms with E-state index in [1.165, 1.54) is 38.5 Å². The zero-order valence-electron chi connectivity index (χ0n) is 15.9. The van der Waals surface area contributed by atoms with Gasteiger partial charge in [-0.05, 0) is 84.3 Å². The zero-order chi connectivity index (χ0) is 18.1. The van der Waals surface area contributed by atoms with Gasteiger partial charge in [-0.1, -0.05) is 4.40 Å². The second kappa shape index (κ2) is 7.28. The van der Waals surface area contributed by atoms with E-state index in [-0.39, 0.29) is 4.75 Å². The molecular formula is C20H30N2O2S. The molecule has 4 nitrogen and oxygen atoms in total. The van der Waals surface area contributed by atoms with Crippen molar-refractivity contribution in [3.05, 3.63) is 24.0 Å². The van der Waals surface area contributed by atoms with Gasteiger partial charge in [0, 0.05) is 5.41 Å². The molecule has 3 fully saturated rings. The highest BCUT2D eigenvalue weighted by atomic mass is 32.2. The lowest BCUT2D eigenvalue weighted by Gasteiger charge is -2.46. The number of aromatic nitrogens is 1. The number of nitrogens with zero attached hydrogens (tertiary/aromatic N) is 2. The quantitative estimate of drug-likeness (QED) is 0.563. The topological polar surface area (TPSA) is 57.5 Å². The van der Waals surface area contributed by atoms with E-state index in [2.05, 4.69) is 9.38 Å². The van der Waals surface area contributed by atoms with Crippen molar-refractivity contribution in [1.82, 2.24) is 4.98 Å². The van der Waals surface area contributed by atoms with Gasteiger partial charge < -0.3 is 9.29 Å². The third-order valence-corrected chi connectivity index (χ3v) is 7.13. The summed E-state index contributed by atoms with van der Waals surface area (Å²) >= 11 is -1.27. The number of hydrogen-bond acceptors (Lipinski definition) is 4. The minimum Gasteiger partial charge on any atom is -0.591 e. The Bertz CT molecular complexity index is 600. The van der Waals surface area contributed by atoms with Crippen LogP contribution < -0.4 is 4.74 Å². The summed E-state index contributed by atoms with van der Waals surface area (Å²) in [6.07, 6.45) is 9.83. The molecule has 2 bridgehead atoms. The molecule has 1 aromatic heterocycles. The second-order valence-electron chi connectivity index (χ2n) is 8.69. The first-order valence-electron chi connectivity index (χ1n) is 9.34. The van der Waals surface area contributed by atoms with Crippen molar-refractivity contribution in [2.45, 2.75) is 71.0 Å². The Morgan fingerprint density at radius 3 is 2.44 bits per heavy atom. The average Bonchev–Trinajstić information content (AvgIpc) is 2.61. The lowest BCUT2D eigenvalue weighted by atomic mass is 9.61. The molecule has 3 aliphatic rings. The summed E-state index contributed by atoms with van der Waals surface area (Å²) in [6, 6.07) is 3.86. The molecule has 25 heavy (non-hydrogen) atoms. The van der Waals surface area contributed by atoms with Crippen LogP contribution in [0.25, 0.3) is 0 Å². The van der Waals surface area contributed by atoms with Crippen molar-refractivity contribution in [2.24, 2.45) is 15.7 Å². The summed E-state index contributed by atoms with van der Waals surface area (Å²) in [7, 11) is 0. The van der Waals surface area contributed by atoms with Gasteiger partial charge >= 0.3 is 0 Å². The minimum absolute atomic E-state index is 0.359. The molecular weight excluding hydrogens is 332 g/mol. The van der Waals surface area contributed by atoms with Crippen molar-refractivity contribution in [2.75, 3.05) is 6.61 Å². The van der Waals surface area contributed by atoms with Crippen molar-refractivity contribution < 1.29 is 9.29 Å². The molecule has 1 atom stereocenters. The molecule has 0 saturated heterocycles. The standard InChI is InChI=1S/C20H30N2O2S/c1-15(22-25(23)19(2,3)4)18-6-5-17(13-21-18)24-14-20-10-7-16(8-11-20)9-12-20/h5-6,13,16H,7-12,14H2,1-4H3. The Hall–Kier alpha value is -1.07. The molecule has 1 unspecified atom stereocenters. The Balaban J connectivity index is 1.59. The number of hydrogen-bond donors (Lipinski definition) is 0. The largest absolute Gasteiger partial charge is 0.591 e. The van der Waals surface area contributed by atoms with Gasteiger partial charge in [0.15, 0.2) is 0 Å². The van der Waals surface area contributed by atoms with Crippen molar-refractivity contribution in [3.63, 3.8) is 0 Å². The van der Waals surface area contributed by atoms with E-state index in [4.69, 9.17) is 4.74 Å². The predicted molar refractivity (Wildman–Crippen MR) is 103 cm³/mol. The van der Waals surface area contributed by atoms with Crippen LogP contribution in [0, 0.1) is 11.3 Å². The Morgan fingerprint density at radius 2 is 1.92 bits per heavy atom. The van der Waals surface area contributed by atoms with Gasteiger partial charge in [-0.15, -0.1) is 0 Å². The van der Waals surface area contributed by atoms with E-state index < -0.39 is 11.4 Å². The van der Waals surface area contributed by atoms with Crippen LogP contribution in [0.3, 0.4) is 0 Å². The van der Waals surface area contributed by atoms with Crippen LogP contribution in [0.2, 0.25) is 0 Å². The minimum atomic E-state index is -1.27. The summed E-state index contributed by atoms with van der Waals surface area (Å²) in [5.74, 6) is 1.79. The number of fused-ring (bicyclic) bond motifs is 3. The van der Waals surface area contributed by atoms with Crippen LogP contribution in [-0.2, 0) is 11.4 Å². The van der Waals surface area contributed by atoms with Crippen LogP contribution in [-0.4, -0.2) is 26.6 Å². The molecule has 5 heteroatoms. The third kappa shape index (κ3) is 4.56. The molecule has 138 valence electrons. The fraction of sp³-hybridized carbons (Fsp3) is 0.700. The average molecular weight is 363 g/mol. The lowest BCUT2D eigenvalue weighted by molar-refractivity contribution is 0.0190. The van der Waals surface area contributed by atoms with Crippen LogP contribution in [0.5, 0.6) is 5.75 Å². The maximum Gasteiger partial charge on any atom is 0.144 e. The summed E-state index contributed by atoms with van der Waals surface area (Å²) in [5.41, 5.74) is 1.85. The van der Waals surface area contributed by atoms with Crippen molar-refractivity contribution in [3.8, 4) is 5.75 Å². The van der Waals surface area contributed by atoms with Gasteiger partial charge in [-0.2, -0.15) is 0 Å². The molecule has 1 heterocycles. The van der Waals surface area contributed by atoms with E-state index in [1.807, 2.05) is 39.8 Å². The fourth-order valence-corrected chi connectivity index (χ4v) is 4.40. The van der Waals surface area contributed by atoms with Gasteiger partial charge in [-0.3, -0.25) is 4.98 Å². The molecule has 3 saturated carbocycles. The fourth-order valence-electron chi connectivity index (χ4n) is 3.78. The van der Waals surface area contributed by atoms with Crippen LogP contribution in [0.15, 0.2) is 22.7 Å². The van der Waals surface area contributed by atoms with Gasteiger partial charge in [0.05, 0.1) is 18.5 Å². The first kappa shape index (κ1) is 18.7. The van der Waals surface area contributed by atoms with E-state index >= 15 is 0 Å². The second-order valence-corrected chi connectivity index (χ2v) is 10.6. The summed E-state index contributed by atoms with van der Waals surface area (Å²) in [6.45, 7) is 8.42. The summed E-state index contributed by atoms with van der Waals surface area (Å²) in [4.78, 5) is 4.45. The SMILES string of the molecule is CC(=N[S+]([O-])C(C)(C)C)c1ccc(OCC23CCC(CC2)CC3)cn1. The molecule has 0 amide bonds. The number of rotatable bonds is 5. The highest BCUT2D eigenvalue weighted by molar-refractivity contribution is 7.91. The highest BCUT2D eigenvalue weighted by Gasteiger charge is 2.40. The van der Waals surface area contributed by atoms with Crippen molar-refractivity contribution >= 4 is 17.1 Å². The maximum atomic E-state index is 12.1. The Labute approximate surface area is 154 Å². The molecule has 0 spiro atoms. The first-order valence-corrected chi connectivity index (χ1v) is 10.4. The van der Waals surface area contributed by atoms with Gasteiger partial charge in [0.1, 0.15) is 27.6 Å². The van der Waals surface area contributed by atoms with E-state index in [1.54, 1.807) is 6.20 Å². The number of pyridine rings is 1. The number of ether oxygens (including phenoxy) is 1. The first-order chi connectivity index (χ1) is 11.8. The molecule has 0 radical (unpaired) electrons. The van der Waals surface area contributed by atoms with Crippen molar-refractivity contribution in [1.29, 1.82) is 0 Å². The smallest absolute Gasteiger partial charge is 0.144 e. The van der Waals surface area contributed by atoms with Crippen LogP contribution in [0.1, 0.15) is 71.9 Å². The van der Waals surface area contributed by atoms with Crippen LogP contribution >= 0.6 is 0 Å². The summed E-state index contributed by atoms with van der Waals surface area (Å²) in [5, 5.41) is 0. The van der Waals surface area contributed by atoms with Gasteiger partial charge in [0.2, 0.25) is 0 Å². The van der Waals surface area contributed by atoms with E-state index in [9.17, 15) is 4.55 Å². The van der Waals surface area contributed by atoms with E-state index in [0.29, 0.717) is 11.1 Å². The Morgan fingerprint density at radius 1 is 1.28 bits per heavy atom. The normalized spacial score (nSPS) is 28.0. The highest BCUT2D eigenvalue weighted by Crippen LogP contribution is 2.50. The third-order valence-electron chi connectivity index (χ3n) is 5.64. The van der Waals surface area contributed by atoms with Gasteiger partial charge in [0.25, 0.3) is 0 Å². The molecule has 3 aliphatic carbocycles. The molecule has 0 N–H and O–H groups in total. The van der Waals surface area contributed by atoms with Crippen LogP contribution in [0.4, 0.5) is 0 Å². The lowest BCUT2D eigenvalue weighted by Crippen LogP contribution is -2.38. The monoisotopic (exact) mass is 362 g/mol. The molecule has 0 aliphatic heterocycles. The Kier molecular flexibility index (Phi) is 5.45.